The second-order valence-corrected chi connectivity index (χ2v) is 6.93. The lowest BCUT2D eigenvalue weighted by Gasteiger charge is -2.43. The summed E-state index contributed by atoms with van der Waals surface area (Å²) in [6, 6.07) is 8.76. The number of nitrogens with zero attached hydrogens (tertiary/aromatic N) is 1. The zero-order valence-corrected chi connectivity index (χ0v) is 14.8. The van der Waals surface area contributed by atoms with Crippen molar-refractivity contribution >= 4 is 11.9 Å². The lowest BCUT2D eigenvalue weighted by Crippen LogP contribution is -2.58. The van der Waals surface area contributed by atoms with Crippen LogP contribution in [0.3, 0.4) is 0 Å². The summed E-state index contributed by atoms with van der Waals surface area (Å²) in [5.74, 6) is -4.25. The first-order chi connectivity index (χ1) is 13.2. The lowest BCUT2D eigenvalue weighted by atomic mass is 9.72. The van der Waals surface area contributed by atoms with Gasteiger partial charge in [-0.1, -0.05) is 18.2 Å². The Morgan fingerprint density at radius 1 is 1.18 bits per heavy atom. The standard InChI is InChI=1S/C20H19F2NO5/c21-13-4-1-3-12(9-13)10-20(19(27)28)11-23(8-7-16(20)25)18(26)17-14(22)5-2-6-15(17)24/h1-6,9,16,24-25H,7-8,10-11H2,(H,27,28)/t16-,20-/m1/s1. The number of piperidine rings is 1. The van der Waals surface area contributed by atoms with Crippen LogP contribution >= 0.6 is 0 Å². The number of halogens is 2. The van der Waals surface area contributed by atoms with E-state index in [9.17, 15) is 33.7 Å². The average molecular weight is 391 g/mol. The fourth-order valence-corrected chi connectivity index (χ4v) is 3.61. The third-order valence-electron chi connectivity index (χ3n) is 5.11. The van der Waals surface area contributed by atoms with Crippen molar-refractivity contribution < 1.29 is 33.7 Å². The van der Waals surface area contributed by atoms with Crippen LogP contribution in [0.25, 0.3) is 0 Å². The molecule has 0 bridgehead atoms. The van der Waals surface area contributed by atoms with Crippen LogP contribution in [0, 0.1) is 17.0 Å². The first-order valence-corrected chi connectivity index (χ1v) is 8.67. The van der Waals surface area contributed by atoms with Crippen LogP contribution < -0.4 is 0 Å². The van der Waals surface area contributed by atoms with Crippen molar-refractivity contribution in [1.29, 1.82) is 0 Å². The summed E-state index contributed by atoms with van der Waals surface area (Å²) in [5, 5.41) is 30.2. The fourth-order valence-electron chi connectivity index (χ4n) is 3.61. The summed E-state index contributed by atoms with van der Waals surface area (Å²) < 4.78 is 27.6. The molecule has 0 saturated carbocycles. The quantitative estimate of drug-likeness (QED) is 0.742. The number of rotatable bonds is 4. The molecule has 8 heteroatoms. The minimum Gasteiger partial charge on any atom is -0.507 e. The van der Waals surface area contributed by atoms with Gasteiger partial charge in [-0.15, -0.1) is 0 Å². The number of carbonyl (C=O) groups excluding carboxylic acids is 1. The van der Waals surface area contributed by atoms with E-state index in [-0.39, 0.29) is 19.4 Å². The van der Waals surface area contributed by atoms with Crippen molar-refractivity contribution in [2.24, 2.45) is 5.41 Å². The summed E-state index contributed by atoms with van der Waals surface area (Å²) in [6.07, 6.45) is -1.55. The molecule has 0 unspecified atom stereocenters. The molecule has 28 heavy (non-hydrogen) atoms. The SMILES string of the molecule is O=C(c1c(O)cccc1F)N1CC[C@@H](O)[C@](Cc2cccc(F)c2)(C(=O)O)C1. The van der Waals surface area contributed by atoms with E-state index in [0.29, 0.717) is 5.56 Å². The Kier molecular flexibility index (Phi) is 5.33. The normalized spacial score (nSPS) is 22.1. The summed E-state index contributed by atoms with van der Waals surface area (Å²) in [4.78, 5) is 26.0. The van der Waals surface area contributed by atoms with E-state index in [0.717, 1.165) is 17.0 Å². The third kappa shape index (κ3) is 3.55. The van der Waals surface area contributed by atoms with Gasteiger partial charge in [0.25, 0.3) is 5.91 Å². The Balaban J connectivity index is 1.95. The molecule has 1 fully saturated rings. The van der Waals surface area contributed by atoms with E-state index in [1.165, 1.54) is 30.3 Å². The number of carbonyl (C=O) groups is 2. The van der Waals surface area contributed by atoms with Crippen LogP contribution in [0.2, 0.25) is 0 Å². The number of phenolic OH excluding ortho intramolecular Hbond substituents is 1. The molecule has 3 rings (SSSR count). The fraction of sp³-hybridized carbons (Fsp3) is 0.300. The van der Waals surface area contributed by atoms with E-state index in [1.54, 1.807) is 0 Å². The number of hydrogen-bond acceptors (Lipinski definition) is 4. The molecule has 3 N–H and O–H groups in total. The first-order valence-electron chi connectivity index (χ1n) is 8.67. The van der Waals surface area contributed by atoms with Gasteiger partial charge in [0.05, 0.1) is 6.10 Å². The van der Waals surface area contributed by atoms with Crippen molar-refractivity contribution in [3.63, 3.8) is 0 Å². The molecule has 1 heterocycles. The van der Waals surface area contributed by atoms with Crippen LogP contribution in [0.5, 0.6) is 5.75 Å². The monoisotopic (exact) mass is 391 g/mol. The second kappa shape index (κ2) is 7.55. The van der Waals surface area contributed by atoms with E-state index in [1.807, 2.05) is 0 Å². The van der Waals surface area contributed by atoms with Gasteiger partial charge in [-0.05, 0) is 42.7 Å². The van der Waals surface area contributed by atoms with Gasteiger partial charge in [0.15, 0.2) is 0 Å². The Morgan fingerprint density at radius 2 is 1.89 bits per heavy atom. The van der Waals surface area contributed by atoms with E-state index >= 15 is 0 Å². The van der Waals surface area contributed by atoms with Crippen molar-refractivity contribution in [1.82, 2.24) is 4.90 Å². The Labute approximate surface area is 159 Å². The summed E-state index contributed by atoms with van der Waals surface area (Å²) in [5.41, 5.74) is -1.99. The maximum absolute atomic E-state index is 14.1. The van der Waals surface area contributed by atoms with Crippen molar-refractivity contribution in [2.45, 2.75) is 18.9 Å². The number of aromatic hydroxyl groups is 1. The third-order valence-corrected chi connectivity index (χ3v) is 5.11. The van der Waals surface area contributed by atoms with Gasteiger partial charge < -0.3 is 20.2 Å². The molecule has 2 atom stereocenters. The number of benzene rings is 2. The molecule has 1 amide bonds. The van der Waals surface area contributed by atoms with Gasteiger partial charge in [0.2, 0.25) is 0 Å². The molecule has 2 aromatic rings. The smallest absolute Gasteiger partial charge is 0.314 e. The topological polar surface area (TPSA) is 98.1 Å². The highest BCUT2D eigenvalue weighted by Crippen LogP contribution is 2.36. The van der Waals surface area contributed by atoms with Crippen molar-refractivity contribution in [2.75, 3.05) is 13.1 Å². The van der Waals surface area contributed by atoms with E-state index < -0.39 is 52.9 Å². The van der Waals surface area contributed by atoms with Crippen LogP contribution in [0.1, 0.15) is 22.3 Å². The number of phenols is 1. The number of aliphatic hydroxyl groups is 1. The van der Waals surface area contributed by atoms with Gasteiger partial charge >= 0.3 is 5.97 Å². The minimum absolute atomic E-state index is 0.00798. The van der Waals surface area contributed by atoms with Crippen molar-refractivity contribution in [3.05, 3.63) is 65.2 Å². The molecular weight excluding hydrogens is 372 g/mol. The van der Waals surface area contributed by atoms with Crippen LogP contribution in [0.4, 0.5) is 8.78 Å². The Hall–Kier alpha value is -3.00. The largest absolute Gasteiger partial charge is 0.507 e. The molecule has 6 nitrogen and oxygen atoms in total. The molecular formula is C20H19F2NO5. The maximum Gasteiger partial charge on any atom is 0.314 e. The zero-order chi connectivity index (χ0) is 20.5. The van der Waals surface area contributed by atoms with Gasteiger partial charge in [-0.25, -0.2) is 8.78 Å². The first kappa shape index (κ1) is 19.8. The summed E-state index contributed by atoms with van der Waals surface area (Å²) >= 11 is 0. The van der Waals surface area contributed by atoms with Crippen LogP contribution in [-0.2, 0) is 11.2 Å². The van der Waals surface area contributed by atoms with Crippen LogP contribution in [-0.4, -0.2) is 51.3 Å². The molecule has 1 saturated heterocycles. The lowest BCUT2D eigenvalue weighted by molar-refractivity contribution is -0.161. The van der Waals surface area contributed by atoms with Gasteiger partial charge in [-0.3, -0.25) is 9.59 Å². The van der Waals surface area contributed by atoms with Gasteiger partial charge in [0.1, 0.15) is 28.4 Å². The van der Waals surface area contributed by atoms with E-state index in [4.69, 9.17) is 0 Å². The Morgan fingerprint density at radius 3 is 2.54 bits per heavy atom. The molecule has 148 valence electrons. The van der Waals surface area contributed by atoms with Gasteiger partial charge in [-0.2, -0.15) is 0 Å². The number of likely N-dealkylation sites (tertiary alicyclic amines) is 1. The number of carboxylic acids is 1. The Bertz CT molecular complexity index is 899. The predicted molar refractivity (Wildman–Crippen MR) is 94.8 cm³/mol. The highest BCUT2D eigenvalue weighted by molar-refractivity contribution is 5.97. The maximum atomic E-state index is 14.1. The molecule has 1 aliphatic heterocycles. The molecule has 2 aromatic carbocycles. The number of aliphatic hydroxyl groups excluding tert-OH is 1. The average Bonchev–Trinajstić information content (AvgIpc) is 2.63. The number of carboxylic acid groups (broad SMARTS) is 1. The number of aliphatic carboxylic acids is 1. The van der Waals surface area contributed by atoms with E-state index in [2.05, 4.69) is 0 Å². The number of hydrogen-bond donors (Lipinski definition) is 3. The highest BCUT2D eigenvalue weighted by Gasteiger charge is 2.50. The van der Waals surface area contributed by atoms with Crippen molar-refractivity contribution in [3.8, 4) is 5.75 Å². The molecule has 1 aliphatic rings. The summed E-state index contributed by atoms with van der Waals surface area (Å²) in [6.45, 7) is -0.418. The predicted octanol–water partition coefficient (Wildman–Crippen LogP) is 2.19. The minimum atomic E-state index is -1.79. The molecule has 0 aromatic heterocycles. The second-order valence-electron chi connectivity index (χ2n) is 6.93. The molecule has 0 aliphatic carbocycles. The van der Waals surface area contributed by atoms with Gasteiger partial charge in [0, 0.05) is 13.1 Å². The summed E-state index contributed by atoms with van der Waals surface area (Å²) in [7, 11) is 0. The van der Waals surface area contributed by atoms with Crippen LogP contribution in [0.15, 0.2) is 42.5 Å². The molecule has 0 radical (unpaired) electrons. The molecule has 0 spiro atoms. The number of amides is 1. The zero-order valence-electron chi connectivity index (χ0n) is 14.8. The highest BCUT2D eigenvalue weighted by atomic mass is 19.1.